The van der Waals surface area contributed by atoms with Gasteiger partial charge in [-0.1, -0.05) is 11.7 Å². The first-order valence-corrected chi connectivity index (χ1v) is 5.27. The number of hydrogen-bond acceptors (Lipinski definition) is 4. The lowest BCUT2D eigenvalue weighted by Gasteiger charge is -2.41. The maximum atomic E-state index is 12.0. The highest BCUT2D eigenvalue weighted by Crippen LogP contribution is 2.22. The molecule has 1 aliphatic heterocycles. The molecule has 0 radical (unpaired) electrons. The lowest BCUT2D eigenvalue weighted by atomic mass is 10.0. The van der Waals surface area contributed by atoms with Crippen LogP contribution in [0.5, 0.6) is 0 Å². The van der Waals surface area contributed by atoms with Crippen molar-refractivity contribution in [2.24, 2.45) is 5.16 Å². The zero-order chi connectivity index (χ0) is 12.5. The average Bonchev–Trinajstić information content (AvgIpc) is 2.16. The van der Waals surface area contributed by atoms with E-state index in [1.54, 1.807) is 0 Å². The minimum atomic E-state index is -0.675. The molecule has 1 amide bonds. The summed E-state index contributed by atoms with van der Waals surface area (Å²) in [5.41, 5.74) is 3.12. The number of hydrazine groups is 1. The summed E-state index contributed by atoms with van der Waals surface area (Å²) in [4.78, 5) is 16.7. The zero-order valence-electron chi connectivity index (χ0n) is 9.87. The van der Waals surface area contributed by atoms with Crippen molar-refractivity contribution in [3.8, 4) is 0 Å². The highest BCUT2D eigenvalue weighted by molar-refractivity contribution is 6.52. The molecule has 0 spiro atoms. The van der Waals surface area contributed by atoms with Gasteiger partial charge in [0, 0.05) is 5.70 Å². The first-order valence-electron chi connectivity index (χ1n) is 4.84. The molecule has 1 aliphatic rings. The van der Waals surface area contributed by atoms with Crippen LogP contribution in [0, 0.1) is 0 Å². The van der Waals surface area contributed by atoms with Crippen LogP contribution in [0.2, 0.25) is 0 Å². The Morgan fingerprint density at radius 2 is 2.12 bits per heavy atom. The van der Waals surface area contributed by atoms with Gasteiger partial charge in [-0.05, 0) is 20.8 Å². The van der Waals surface area contributed by atoms with E-state index in [-0.39, 0.29) is 11.6 Å². The summed E-state index contributed by atoms with van der Waals surface area (Å²) < 4.78 is 0. The van der Waals surface area contributed by atoms with Crippen molar-refractivity contribution in [1.82, 2.24) is 10.4 Å². The Kier molecular flexibility index (Phi) is 3.48. The van der Waals surface area contributed by atoms with E-state index in [9.17, 15) is 4.79 Å². The topological polar surface area (TPSA) is 53.9 Å². The molecule has 0 bridgehead atoms. The van der Waals surface area contributed by atoms with Crippen LogP contribution in [0.25, 0.3) is 0 Å². The summed E-state index contributed by atoms with van der Waals surface area (Å²) in [5, 5.41) is 4.41. The number of halogens is 1. The minimum absolute atomic E-state index is 0.142. The summed E-state index contributed by atoms with van der Waals surface area (Å²) in [5.74, 6) is -0.304. The summed E-state index contributed by atoms with van der Waals surface area (Å²) in [6, 6.07) is 0. The van der Waals surface area contributed by atoms with Crippen LogP contribution in [0.4, 0.5) is 0 Å². The molecular formula is C10H16ClN3O2. The second-order valence-electron chi connectivity index (χ2n) is 4.47. The van der Waals surface area contributed by atoms with Crippen LogP contribution in [0.1, 0.15) is 20.8 Å². The molecule has 1 N–H and O–H groups in total. The van der Waals surface area contributed by atoms with E-state index in [0.717, 1.165) is 0 Å². The Morgan fingerprint density at radius 3 is 2.56 bits per heavy atom. The third kappa shape index (κ3) is 2.29. The third-order valence-corrected chi connectivity index (χ3v) is 2.55. The lowest BCUT2D eigenvalue weighted by molar-refractivity contribution is -0.133. The predicted octanol–water partition coefficient (Wildman–Crippen LogP) is 1.26. The number of carbonyl (C=O) groups excluding carboxylic acids is 1. The molecule has 0 aromatic carbocycles. The summed E-state index contributed by atoms with van der Waals surface area (Å²) in [7, 11) is 1.37. The summed E-state index contributed by atoms with van der Waals surface area (Å²) in [6.45, 7) is 9.43. The molecule has 0 aliphatic carbocycles. The molecule has 16 heavy (non-hydrogen) atoms. The summed E-state index contributed by atoms with van der Waals surface area (Å²) in [6.07, 6.45) is 0. The Morgan fingerprint density at radius 1 is 1.56 bits per heavy atom. The van der Waals surface area contributed by atoms with Gasteiger partial charge in [0.2, 0.25) is 0 Å². The van der Waals surface area contributed by atoms with Crippen LogP contribution in [0.3, 0.4) is 0 Å². The molecule has 1 heterocycles. The van der Waals surface area contributed by atoms with E-state index in [4.69, 9.17) is 11.6 Å². The van der Waals surface area contributed by atoms with Crippen molar-refractivity contribution in [2.45, 2.75) is 31.7 Å². The number of amides is 1. The van der Waals surface area contributed by atoms with Crippen molar-refractivity contribution < 1.29 is 9.63 Å². The molecule has 90 valence electrons. The van der Waals surface area contributed by atoms with Crippen LogP contribution < -0.4 is 5.43 Å². The highest BCUT2D eigenvalue weighted by Gasteiger charge is 2.39. The predicted molar refractivity (Wildman–Crippen MR) is 63.0 cm³/mol. The normalized spacial score (nSPS) is 24.7. The molecule has 5 nitrogen and oxygen atoms in total. The average molecular weight is 246 g/mol. The molecule has 0 saturated carbocycles. The second-order valence-corrected chi connectivity index (χ2v) is 4.91. The SMILES string of the molecule is C=C1NN(C(C)(C)C)C(=O)C(=NOC)C1Cl. The monoisotopic (exact) mass is 245 g/mol. The van der Waals surface area contributed by atoms with Crippen molar-refractivity contribution >= 4 is 23.2 Å². The fourth-order valence-electron chi connectivity index (χ4n) is 1.30. The van der Waals surface area contributed by atoms with Crippen LogP contribution >= 0.6 is 11.6 Å². The highest BCUT2D eigenvalue weighted by atomic mass is 35.5. The van der Waals surface area contributed by atoms with E-state index < -0.39 is 10.9 Å². The quantitative estimate of drug-likeness (QED) is 0.559. The number of nitrogens with one attached hydrogen (secondary N) is 1. The standard InChI is InChI=1S/C10H16ClN3O2/c1-6-7(11)8(13-16-5)9(15)14(12-6)10(2,3)4/h7,12H,1H2,2-5H3. The smallest absolute Gasteiger partial charge is 0.292 e. The zero-order valence-corrected chi connectivity index (χ0v) is 10.6. The summed E-state index contributed by atoms with van der Waals surface area (Å²) >= 11 is 6.00. The number of rotatable bonds is 1. The molecule has 1 atom stereocenters. The fraction of sp³-hybridized carbons (Fsp3) is 0.600. The van der Waals surface area contributed by atoms with Gasteiger partial charge in [-0.2, -0.15) is 0 Å². The molecule has 1 fully saturated rings. The van der Waals surface area contributed by atoms with Crippen molar-refractivity contribution in [1.29, 1.82) is 0 Å². The van der Waals surface area contributed by atoms with Crippen molar-refractivity contribution in [2.75, 3.05) is 7.11 Å². The van der Waals surface area contributed by atoms with Crippen LogP contribution in [0.15, 0.2) is 17.4 Å². The van der Waals surface area contributed by atoms with Gasteiger partial charge in [0.15, 0.2) is 5.71 Å². The number of carbonyl (C=O) groups is 1. The number of alkyl halides is 1. The van der Waals surface area contributed by atoms with E-state index in [2.05, 4.69) is 22.0 Å². The molecule has 0 aromatic rings. The molecule has 0 aromatic heterocycles. The lowest BCUT2D eigenvalue weighted by Crippen LogP contribution is -2.61. The van der Waals surface area contributed by atoms with Gasteiger partial charge in [0.1, 0.15) is 12.5 Å². The van der Waals surface area contributed by atoms with Gasteiger partial charge in [-0.25, -0.2) is 5.01 Å². The van der Waals surface area contributed by atoms with E-state index in [1.807, 2.05) is 20.8 Å². The van der Waals surface area contributed by atoms with E-state index in [0.29, 0.717) is 5.70 Å². The number of hydrogen-bond donors (Lipinski definition) is 1. The van der Waals surface area contributed by atoms with Gasteiger partial charge >= 0.3 is 0 Å². The number of nitrogens with zero attached hydrogens (tertiary/aromatic N) is 2. The second kappa shape index (κ2) is 4.33. The van der Waals surface area contributed by atoms with Crippen LogP contribution in [-0.2, 0) is 9.63 Å². The molecule has 6 heteroatoms. The first kappa shape index (κ1) is 12.8. The van der Waals surface area contributed by atoms with Gasteiger partial charge in [0.25, 0.3) is 5.91 Å². The largest absolute Gasteiger partial charge is 0.399 e. The van der Waals surface area contributed by atoms with Crippen LogP contribution in [-0.4, -0.2) is 34.7 Å². The van der Waals surface area contributed by atoms with E-state index in [1.165, 1.54) is 12.1 Å². The maximum absolute atomic E-state index is 12.0. The number of oxime groups is 1. The molecular weight excluding hydrogens is 230 g/mol. The first-order chi connectivity index (χ1) is 7.29. The van der Waals surface area contributed by atoms with Gasteiger partial charge in [0.05, 0.1) is 5.54 Å². The Labute approximate surface area is 100 Å². The Hall–Kier alpha value is -1.23. The molecule has 1 saturated heterocycles. The maximum Gasteiger partial charge on any atom is 0.292 e. The fourth-order valence-corrected chi connectivity index (χ4v) is 1.48. The van der Waals surface area contributed by atoms with Gasteiger partial charge in [-0.15, -0.1) is 11.6 Å². The van der Waals surface area contributed by atoms with Crippen molar-refractivity contribution in [3.63, 3.8) is 0 Å². The Balaban J connectivity index is 3.08. The van der Waals surface area contributed by atoms with Gasteiger partial charge in [-0.3, -0.25) is 10.2 Å². The molecule has 1 rings (SSSR count). The van der Waals surface area contributed by atoms with E-state index >= 15 is 0 Å². The number of allylic oxidation sites excluding steroid dienone is 1. The Bertz CT molecular complexity index is 346. The van der Waals surface area contributed by atoms with Crippen molar-refractivity contribution in [3.05, 3.63) is 12.3 Å². The third-order valence-electron chi connectivity index (χ3n) is 2.08. The van der Waals surface area contributed by atoms with Gasteiger partial charge < -0.3 is 4.84 Å². The minimum Gasteiger partial charge on any atom is -0.399 e. The molecule has 1 unspecified atom stereocenters.